The van der Waals surface area contributed by atoms with Crippen LogP contribution in [0.2, 0.25) is 0 Å². The number of rotatable bonds is 5. The van der Waals surface area contributed by atoms with Crippen molar-refractivity contribution in [2.75, 3.05) is 0 Å². The van der Waals surface area contributed by atoms with Gasteiger partial charge in [-0.25, -0.2) is 14.8 Å². The van der Waals surface area contributed by atoms with Crippen LogP contribution in [0.5, 0.6) is 0 Å². The summed E-state index contributed by atoms with van der Waals surface area (Å²) in [5.41, 5.74) is 7.43. The highest BCUT2D eigenvalue weighted by Crippen LogP contribution is 2.34. The van der Waals surface area contributed by atoms with Crippen LogP contribution in [0.25, 0.3) is 45.1 Å². The number of aromatic nitrogens is 6. The van der Waals surface area contributed by atoms with E-state index in [1.165, 1.54) is 0 Å². The van der Waals surface area contributed by atoms with E-state index in [4.69, 9.17) is 4.98 Å². The molecule has 0 atom stereocenters. The normalized spacial score (nSPS) is 11.3. The van der Waals surface area contributed by atoms with Gasteiger partial charge >= 0.3 is 5.69 Å². The van der Waals surface area contributed by atoms with Gasteiger partial charge in [0.2, 0.25) is 0 Å². The summed E-state index contributed by atoms with van der Waals surface area (Å²) in [6.07, 6.45) is 5.00. The molecule has 0 aliphatic rings. The molecule has 0 aliphatic carbocycles. The van der Waals surface area contributed by atoms with Crippen LogP contribution in [0.3, 0.4) is 0 Å². The molecule has 32 heavy (non-hydrogen) atoms. The van der Waals surface area contributed by atoms with Crippen LogP contribution in [-0.2, 0) is 13.1 Å². The van der Waals surface area contributed by atoms with Crippen molar-refractivity contribution in [3.63, 3.8) is 0 Å². The molecule has 1 N–H and O–H groups in total. The number of fused-ring (bicyclic) bond motifs is 1. The molecule has 0 unspecified atom stereocenters. The molecular weight excluding hydrogens is 400 g/mol. The predicted molar refractivity (Wildman–Crippen MR) is 126 cm³/mol. The summed E-state index contributed by atoms with van der Waals surface area (Å²) in [6.45, 7) is 7.31. The molecule has 160 valence electrons. The van der Waals surface area contributed by atoms with Gasteiger partial charge in [0.05, 0.1) is 28.6 Å². The van der Waals surface area contributed by atoms with Gasteiger partial charge < -0.3 is 4.98 Å². The highest BCUT2D eigenvalue weighted by atomic mass is 16.1. The van der Waals surface area contributed by atoms with Crippen LogP contribution < -0.4 is 5.69 Å². The van der Waals surface area contributed by atoms with E-state index in [1.807, 2.05) is 41.2 Å². The fourth-order valence-electron chi connectivity index (χ4n) is 4.21. The van der Waals surface area contributed by atoms with E-state index in [1.54, 1.807) is 18.6 Å². The van der Waals surface area contributed by atoms with Crippen molar-refractivity contribution < 1.29 is 0 Å². The summed E-state index contributed by atoms with van der Waals surface area (Å²) in [5.74, 6) is 0.656. The Kier molecular flexibility index (Phi) is 4.93. The quantitative estimate of drug-likeness (QED) is 0.445. The van der Waals surface area contributed by atoms with Gasteiger partial charge in [-0.05, 0) is 39.0 Å². The van der Waals surface area contributed by atoms with E-state index in [9.17, 15) is 4.79 Å². The van der Waals surface area contributed by atoms with Crippen molar-refractivity contribution in [3.05, 3.63) is 77.1 Å². The maximum absolute atomic E-state index is 12.8. The first-order valence-corrected chi connectivity index (χ1v) is 10.8. The average Bonchev–Trinajstić information content (AvgIpc) is 3.38. The Balaban J connectivity index is 1.76. The number of aryl methyl sites for hydroxylation is 3. The third-order valence-corrected chi connectivity index (χ3v) is 5.74. The summed E-state index contributed by atoms with van der Waals surface area (Å²) < 4.78 is 3.62. The Morgan fingerprint density at radius 1 is 0.938 bits per heavy atom. The van der Waals surface area contributed by atoms with Gasteiger partial charge in [0.15, 0.2) is 5.82 Å². The van der Waals surface area contributed by atoms with Crippen LogP contribution in [0, 0.1) is 6.92 Å². The molecule has 0 fully saturated rings. The molecule has 0 saturated heterocycles. The Hall–Kier alpha value is -4.00. The summed E-state index contributed by atoms with van der Waals surface area (Å²) in [4.78, 5) is 29.8. The van der Waals surface area contributed by atoms with Gasteiger partial charge in [0, 0.05) is 36.6 Å². The Morgan fingerprint density at radius 3 is 2.47 bits per heavy atom. The molecule has 2 aromatic carbocycles. The second kappa shape index (κ2) is 7.92. The minimum atomic E-state index is 0.0194. The molecular formula is C25H24N6O. The molecule has 0 bridgehead atoms. The van der Waals surface area contributed by atoms with Crippen molar-refractivity contribution in [2.45, 2.75) is 33.9 Å². The summed E-state index contributed by atoms with van der Waals surface area (Å²) in [5, 5.41) is 0. The molecule has 0 aliphatic heterocycles. The Bertz CT molecular complexity index is 1480. The van der Waals surface area contributed by atoms with E-state index in [2.05, 4.69) is 46.1 Å². The average molecular weight is 425 g/mol. The molecule has 3 aromatic heterocycles. The van der Waals surface area contributed by atoms with Crippen LogP contribution in [0.1, 0.15) is 19.4 Å². The molecule has 5 rings (SSSR count). The van der Waals surface area contributed by atoms with Crippen molar-refractivity contribution >= 4 is 11.0 Å². The Morgan fingerprint density at radius 2 is 1.75 bits per heavy atom. The molecule has 5 aromatic rings. The number of benzene rings is 2. The number of hydrogen-bond acceptors (Lipinski definition) is 4. The highest BCUT2D eigenvalue weighted by Gasteiger charge is 2.18. The fourth-order valence-corrected chi connectivity index (χ4v) is 4.21. The summed E-state index contributed by atoms with van der Waals surface area (Å²) in [6, 6.07) is 14.4. The van der Waals surface area contributed by atoms with Gasteiger partial charge in [-0.1, -0.05) is 29.8 Å². The third kappa shape index (κ3) is 3.22. The number of hydrogen-bond donors (Lipinski definition) is 1. The fraction of sp³-hybridized carbons (Fsp3) is 0.200. The predicted octanol–water partition coefficient (Wildman–Crippen LogP) is 4.67. The lowest BCUT2D eigenvalue weighted by Gasteiger charge is -2.06. The van der Waals surface area contributed by atoms with Crippen molar-refractivity contribution in [3.8, 4) is 34.0 Å². The number of nitrogens with zero attached hydrogens (tertiary/aromatic N) is 5. The largest absolute Gasteiger partial charge is 0.336 e. The number of H-pyrrole nitrogens is 1. The lowest BCUT2D eigenvalue weighted by molar-refractivity contribution is 0.671. The zero-order valence-corrected chi connectivity index (χ0v) is 18.3. The third-order valence-electron chi connectivity index (χ3n) is 5.74. The van der Waals surface area contributed by atoms with E-state index in [-0.39, 0.29) is 5.69 Å². The molecule has 7 nitrogen and oxygen atoms in total. The monoisotopic (exact) mass is 424 g/mol. The molecule has 0 saturated carbocycles. The van der Waals surface area contributed by atoms with Gasteiger partial charge in [-0.15, -0.1) is 0 Å². The number of nitrogens with one attached hydrogen (secondary N) is 1. The van der Waals surface area contributed by atoms with E-state index >= 15 is 0 Å². The van der Waals surface area contributed by atoms with Gasteiger partial charge in [-0.2, -0.15) is 0 Å². The SMILES string of the molecule is CCn1c(=O)n(CC)c2cc(-c3[nH]c(-c4cnccn4)nc3-c3cccc(C)c3)ccc21. The molecule has 0 radical (unpaired) electrons. The first-order valence-electron chi connectivity index (χ1n) is 10.8. The van der Waals surface area contributed by atoms with Crippen LogP contribution in [-0.4, -0.2) is 29.1 Å². The number of imidazole rings is 2. The second-order valence-corrected chi connectivity index (χ2v) is 7.74. The molecule has 0 amide bonds. The first-order chi connectivity index (χ1) is 15.6. The minimum Gasteiger partial charge on any atom is -0.336 e. The zero-order valence-electron chi connectivity index (χ0n) is 18.3. The molecule has 0 spiro atoms. The van der Waals surface area contributed by atoms with E-state index in [0.717, 1.165) is 39.1 Å². The van der Waals surface area contributed by atoms with Gasteiger partial charge in [-0.3, -0.25) is 14.1 Å². The smallest absolute Gasteiger partial charge is 0.329 e. The molecule has 7 heteroatoms. The van der Waals surface area contributed by atoms with E-state index < -0.39 is 0 Å². The van der Waals surface area contributed by atoms with Crippen LogP contribution >= 0.6 is 0 Å². The standard InChI is InChI=1S/C25H24N6O/c1-4-30-20-10-9-18(14-21(20)31(5-2)25(30)32)23-22(17-8-6-7-16(3)13-17)28-24(29-23)19-15-26-11-12-27-19/h6-15H,4-5H2,1-3H3,(H,28,29). The summed E-state index contributed by atoms with van der Waals surface area (Å²) >= 11 is 0. The second-order valence-electron chi connectivity index (χ2n) is 7.74. The van der Waals surface area contributed by atoms with Crippen LogP contribution in [0.15, 0.2) is 65.8 Å². The van der Waals surface area contributed by atoms with Crippen molar-refractivity contribution in [1.82, 2.24) is 29.1 Å². The maximum Gasteiger partial charge on any atom is 0.329 e. The van der Waals surface area contributed by atoms with Gasteiger partial charge in [0.25, 0.3) is 0 Å². The van der Waals surface area contributed by atoms with Crippen molar-refractivity contribution in [1.29, 1.82) is 0 Å². The Labute approximate surface area is 185 Å². The highest BCUT2D eigenvalue weighted by molar-refractivity contribution is 5.87. The van der Waals surface area contributed by atoms with Crippen LogP contribution in [0.4, 0.5) is 0 Å². The first kappa shape index (κ1) is 19.9. The van der Waals surface area contributed by atoms with E-state index in [0.29, 0.717) is 24.6 Å². The van der Waals surface area contributed by atoms with Crippen molar-refractivity contribution in [2.24, 2.45) is 0 Å². The lowest BCUT2D eigenvalue weighted by Crippen LogP contribution is -2.22. The zero-order chi connectivity index (χ0) is 22.2. The molecule has 3 heterocycles. The topological polar surface area (TPSA) is 81.4 Å². The summed E-state index contributed by atoms with van der Waals surface area (Å²) in [7, 11) is 0. The lowest BCUT2D eigenvalue weighted by atomic mass is 10.0. The maximum atomic E-state index is 12.8. The number of aromatic amines is 1. The van der Waals surface area contributed by atoms with Gasteiger partial charge in [0.1, 0.15) is 5.69 Å². The minimum absolute atomic E-state index is 0.0194.